The van der Waals surface area contributed by atoms with E-state index in [0.29, 0.717) is 5.92 Å². The number of fused-ring (bicyclic) bond motifs is 1. The van der Waals surface area contributed by atoms with Crippen LogP contribution in [0, 0.1) is 5.92 Å². The lowest BCUT2D eigenvalue weighted by atomic mass is 9.91. The lowest BCUT2D eigenvalue weighted by Crippen LogP contribution is -2.14. The van der Waals surface area contributed by atoms with Crippen molar-refractivity contribution in [3.8, 4) is 5.75 Å². The van der Waals surface area contributed by atoms with E-state index in [4.69, 9.17) is 4.74 Å². The average molecular weight is 230 g/mol. The van der Waals surface area contributed by atoms with Crippen molar-refractivity contribution in [2.75, 3.05) is 6.61 Å². The molecular formula is C15H18O2. The van der Waals surface area contributed by atoms with Crippen molar-refractivity contribution < 1.29 is 9.53 Å². The molecule has 0 saturated heterocycles. The monoisotopic (exact) mass is 230 g/mol. The third kappa shape index (κ3) is 2.36. The van der Waals surface area contributed by atoms with E-state index in [9.17, 15) is 4.79 Å². The molecule has 0 spiro atoms. The zero-order valence-corrected chi connectivity index (χ0v) is 10.1. The summed E-state index contributed by atoms with van der Waals surface area (Å²) in [5, 5.41) is 0. The van der Waals surface area contributed by atoms with Crippen LogP contribution in [0.4, 0.5) is 0 Å². The van der Waals surface area contributed by atoms with Crippen molar-refractivity contribution in [3.05, 3.63) is 29.3 Å². The summed E-state index contributed by atoms with van der Waals surface area (Å²) in [7, 11) is 0. The van der Waals surface area contributed by atoms with Crippen LogP contribution >= 0.6 is 0 Å². The Labute approximate surface area is 102 Å². The molecule has 2 nitrogen and oxygen atoms in total. The van der Waals surface area contributed by atoms with E-state index in [1.54, 1.807) is 0 Å². The van der Waals surface area contributed by atoms with Crippen molar-refractivity contribution in [3.63, 3.8) is 0 Å². The van der Waals surface area contributed by atoms with Crippen LogP contribution in [0.2, 0.25) is 0 Å². The fourth-order valence-electron chi connectivity index (χ4n) is 2.55. The maximum absolute atomic E-state index is 11.6. The third-order valence-electron chi connectivity index (χ3n) is 3.76. The smallest absolute Gasteiger partial charge is 0.173 e. The lowest BCUT2D eigenvalue weighted by Gasteiger charge is -2.19. The van der Waals surface area contributed by atoms with Gasteiger partial charge in [-0.15, -0.1) is 0 Å². The molecule has 0 bridgehead atoms. The summed E-state index contributed by atoms with van der Waals surface area (Å²) in [5.74, 6) is 1.52. The first-order valence-corrected chi connectivity index (χ1v) is 6.61. The molecule has 0 N–H and O–H groups in total. The summed E-state index contributed by atoms with van der Waals surface area (Å²) in [4.78, 5) is 11.6. The van der Waals surface area contributed by atoms with Crippen LogP contribution in [0.5, 0.6) is 5.75 Å². The Bertz CT molecular complexity index is 433. The summed E-state index contributed by atoms with van der Waals surface area (Å²) < 4.78 is 5.72. The van der Waals surface area contributed by atoms with Crippen LogP contribution < -0.4 is 4.74 Å². The van der Waals surface area contributed by atoms with Crippen LogP contribution in [0.3, 0.4) is 0 Å². The van der Waals surface area contributed by atoms with Crippen molar-refractivity contribution in [1.29, 1.82) is 0 Å². The third-order valence-corrected chi connectivity index (χ3v) is 3.76. The molecule has 2 aliphatic rings. The summed E-state index contributed by atoms with van der Waals surface area (Å²) in [6.07, 6.45) is 6.90. The Morgan fingerprint density at radius 2 is 2.06 bits per heavy atom. The Balaban J connectivity index is 1.71. The van der Waals surface area contributed by atoms with E-state index < -0.39 is 0 Å². The highest BCUT2D eigenvalue weighted by Gasteiger charge is 2.29. The Hall–Kier alpha value is -1.31. The van der Waals surface area contributed by atoms with Gasteiger partial charge in [-0.05, 0) is 55.7 Å². The first kappa shape index (κ1) is 10.8. The maximum atomic E-state index is 11.6. The van der Waals surface area contributed by atoms with Gasteiger partial charge in [0, 0.05) is 5.92 Å². The molecule has 3 rings (SSSR count). The second-order valence-corrected chi connectivity index (χ2v) is 5.13. The minimum absolute atomic E-state index is 0.265. The number of Topliss-reactive ketones (excluding diaryl/α,β-unsaturated/α-hetero) is 1. The van der Waals surface area contributed by atoms with Gasteiger partial charge in [0.2, 0.25) is 0 Å². The predicted octanol–water partition coefficient (Wildman–Crippen LogP) is 2.92. The molecule has 1 aromatic carbocycles. The van der Waals surface area contributed by atoms with Crippen molar-refractivity contribution in [2.45, 2.75) is 38.5 Å². The molecule has 90 valence electrons. The second kappa shape index (κ2) is 4.52. The molecule has 17 heavy (non-hydrogen) atoms. The molecule has 0 heterocycles. The van der Waals surface area contributed by atoms with Gasteiger partial charge < -0.3 is 4.74 Å². The lowest BCUT2D eigenvalue weighted by molar-refractivity contribution is -0.122. The summed E-state index contributed by atoms with van der Waals surface area (Å²) >= 11 is 0. The zero-order chi connectivity index (χ0) is 11.7. The van der Waals surface area contributed by atoms with Gasteiger partial charge in [-0.3, -0.25) is 4.79 Å². The molecule has 2 aliphatic carbocycles. The fourth-order valence-corrected chi connectivity index (χ4v) is 2.55. The molecule has 0 atom stereocenters. The van der Waals surface area contributed by atoms with E-state index in [-0.39, 0.29) is 12.4 Å². The summed E-state index contributed by atoms with van der Waals surface area (Å²) in [6, 6.07) is 6.23. The molecule has 1 saturated carbocycles. The summed E-state index contributed by atoms with van der Waals surface area (Å²) in [6.45, 7) is 0.265. The SMILES string of the molecule is O=C(COc1cccc2c1CCCC2)C1CC1. The van der Waals surface area contributed by atoms with Gasteiger partial charge in [0.15, 0.2) is 5.78 Å². The first-order chi connectivity index (χ1) is 8.34. The highest BCUT2D eigenvalue weighted by Crippen LogP contribution is 2.32. The minimum atomic E-state index is 0.265. The molecule has 2 heteroatoms. The first-order valence-electron chi connectivity index (χ1n) is 6.61. The van der Waals surface area contributed by atoms with Gasteiger partial charge in [-0.1, -0.05) is 12.1 Å². The molecule has 1 fully saturated rings. The number of carbonyl (C=O) groups is 1. The van der Waals surface area contributed by atoms with Crippen LogP contribution in [0.1, 0.15) is 36.8 Å². The number of hydrogen-bond acceptors (Lipinski definition) is 2. The molecule has 0 aromatic heterocycles. The van der Waals surface area contributed by atoms with Crippen LogP contribution in [0.15, 0.2) is 18.2 Å². The minimum Gasteiger partial charge on any atom is -0.486 e. The van der Waals surface area contributed by atoms with E-state index >= 15 is 0 Å². The second-order valence-electron chi connectivity index (χ2n) is 5.13. The number of benzene rings is 1. The van der Waals surface area contributed by atoms with E-state index in [1.165, 1.54) is 24.0 Å². The van der Waals surface area contributed by atoms with Crippen molar-refractivity contribution in [2.24, 2.45) is 5.92 Å². The number of aryl methyl sites for hydroxylation is 1. The van der Waals surface area contributed by atoms with Crippen molar-refractivity contribution >= 4 is 5.78 Å². The zero-order valence-electron chi connectivity index (χ0n) is 10.1. The highest BCUT2D eigenvalue weighted by molar-refractivity contribution is 5.84. The average Bonchev–Trinajstić information content (AvgIpc) is 3.20. The fraction of sp³-hybridized carbons (Fsp3) is 0.533. The Morgan fingerprint density at radius 1 is 1.24 bits per heavy atom. The molecule has 1 aromatic rings. The molecule has 0 amide bonds. The molecular weight excluding hydrogens is 212 g/mol. The number of rotatable bonds is 4. The number of ether oxygens (including phenoxy) is 1. The standard InChI is InChI=1S/C15H18O2/c16-14(12-8-9-12)10-17-15-7-3-5-11-4-1-2-6-13(11)15/h3,5,7,12H,1-2,4,6,8-10H2. The Kier molecular flexibility index (Phi) is 2.87. The topological polar surface area (TPSA) is 26.3 Å². The van der Waals surface area contributed by atoms with E-state index in [1.807, 2.05) is 12.1 Å². The van der Waals surface area contributed by atoms with Gasteiger partial charge in [-0.25, -0.2) is 0 Å². The largest absolute Gasteiger partial charge is 0.486 e. The number of hydrogen-bond donors (Lipinski definition) is 0. The van der Waals surface area contributed by atoms with Gasteiger partial charge >= 0.3 is 0 Å². The highest BCUT2D eigenvalue weighted by atomic mass is 16.5. The van der Waals surface area contributed by atoms with Crippen LogP contribution in [-0.4, -0.2) is 12.4 Å². The van der Waals surface area contributed by atoms with Gasteiger partial charge in [0.1, 0.15) is 12.4 Å². The van der Waals surface area contributed by atoms with E-state index in [0.717, 1.165) is 31.4 Å². The number of ketones is 1. The molecule has 0 unspecified atom stereocenters. The van der Waals surface area contributed by atoms with Gasteiger partial charge in [0.25, 0.3) is 0 Å². The van der Waals surface area contributed by atoms with E-state index in [2.05, 4.69) is 6.07 Å². The van der Waals surface area contributed by atoms with Gasteiger partial charge in [0.05, 0.1) is 0 Å². The van der Waals surface area contributed by atoms with Gasteiger partial charge in [-0.2, -0.15) is 0 Å². The number of carbonyl (C=O) groups excluding carboxylic acids is 1. The van der Waals surface area contributed by atoms with Crippen molar-refractivity contribution in [1.82, 2.24) is 0 Å². The predicted molar refractivity (Wildman–Crippen MR) is 66.3 cm³/mol. The molecule has 0 radical (unpaired) electrons. The quantitative estimate of drug-likeness (QED) is 0.795. The van der Waals surface area contributed by atoms with Crippen LogP contribution in [0.25, 0.3) is 0 Å². The Morgan fingerprint density at radius 3 is 2.88 bits per heavy atom. The van der Waals surface area contributed by atoms with Crippen LogP contribution in [-0.2, 0) is 17.6 Å². The molecule has 0 aliphatic heterocycles. The maximum Gasteiger partial charge on any atom is 0.173 e. The normalized spacial score (nSPS) is 18.6. The summed E-state index contributed by atoms with van der Waals surface area (Å²) in [5.41, 5.74) is 2.75.